The number of para-hydroxylation sites is 1. The lowest BCUT2D eigenvalue weighted by atomic mass is 10.0. The highest BCUT2D eigenvalue weighted by molar-refractivity contribution is 6.14. The molecule has 4 nitrogen and oxygen atoms in total. The fourth-order valence-corrected chi connectivity index (χ4v) is 7.40. The topological polar surface area (TPSA) is 42.2 Å². The number of hydrogen-bond acceptors (Lipinski definition) is 4. The molecule has 54 heavy (non-hydrogen) atoms. The molecule has 0 N–H and O–H groups in total. The molecule has 0 aliphatic rings. The summed E-state index contributed by atoms with van der Waals surface area (Å²) < 4.78 is 6.66. The summed E-state index contributed by atoms with van der Waals surface area (Å²) in [6.07, 6.45) is 0. The quantitative estimate of drug-likeness (QED) is 0.167. The number of anilines is 3. The predicted molar refractivity (Wildman–Crippen MR) is 223 cm³/mol. The Bertz CT molecular complexity index is 2920. The molecule has 0 spiro atoms. The van der Waals surface area contributed by atoms with Crippen molar-refractivity contribution in [2.75, 3.05) is 4.90 Å². The Morgan fingerprint density at radius 2 is 0.944 bits per heavy atom. The van der Waals surface area contributed by atoms with Crippen LogP contribution in [0.15, 0.2) is 205 Å². The van der Waals surface area contributed by atoms with Gasteiger partial charge in [0.05, 0.1) is 22.5 Å². The van der Waals surface area contributed by atoms with Crippen molar-refractivity contribution in [3.8, 4) is 45.0 Å². The molecule has 0 aliphatic heterocycles. The van der Waals surface area contributed by atoms with Gasteiger partial charge in [0.2, 0.25) is 0 Å². The molecule has 0 fully saturated rings. The predicted octanol–water partition coefficient (Wildman–Crippen LogP) is 13.7. The normalized spacial score (nSPS) is 11.3. The molecule has 0 amide bonds. The van der Waals surface area contributed by atoms with Gasteiger partial charge in [-0.1, -0.05) is 140 Å². The molecule has 2 aromatic heterocycles. The van der Waals surface area contributed by atoms with Crippen molar-refractivity contribution in [3.63, 3.8) is 0 Å². The summed E-state index contributed by atoms with van der Waals surface area (Å²) in [5.41, 5.74) is 11.8. The molecule has 0 saturated heterocycles. The molecule has 2 heterocycles. The van der Waals surface area contributed by atoms with E-state index in [1.807, 2.05) is 24.3 Å². The van der Waals surface area contributed by atoms with E-state index >= 15 is 0 Å². The summed E-state index contributed by atoms with van der Waals surface area (Å²) in [5.74, 6) is 0.681. The van der Waals surface area contributed by atoms with Crippen LogP contribution in [-0.4, -0.2) is 9.97 Å². The van der Waals surface area contributed by atoms with Gasteiger partial charge in [0.25, 0.3) is 0 Å². The zero-order valence-corrected chi connectivity index (χ0v) is 29.3. The van der Waals surface area contributed by atoms with Crippen LogP contribution in [0, 0.1) is 0 Å². The van der Waals surface area contributed by atoms with Gasteiger partial charge >= 0.3 is 0 Å². The van der Waals surface area contributed by atoms with Gasteiger partial charge in [0.1, 0.15) is 11.2 Å². The molecule has 10 aromatic rings. The minimum absolute atomic E-state index is 0.681. The fourth-order valence-electron chi connectivity index (χ4n) is 7.40. The number of benzene rings is 8. The molecule has 10 rings (SSSR count). The van der Waals surface area contributed by atoms with Crippen molar-refractivity contribution >= 4 is 49.8 Å². The molecular formula is C50H33N3O. The number of nitrogens with zero attached hydrogens (tertiary/aromatic N) is 3. The average Bonchev–Trinajstić information content (AvgIpc) is 3.63. The van der Waals surface area contributed by atoms with E-state index in [0.717, 1.165) is 67.1 Å². The highest BCUT2D eigenvalue weighted by Gasteiger charge is 2.20. The third-order valence-electron chi connectivity index (χ3n) is 10.1. The molecule has 0 bridgehead atoms. The Kier molecular flexibility index (Phi) is 7.77. The van der Waals surface area contributed by atoms with E-state index in [9.17, 15) is 0 Å². The highest BCUT2D eigenvalue weighted by Crippen LogP contribution is 2.44. The Morgan fingerprint density at radius 3 is 1.69 bits per heavy atom. The van der Waals surface area contributed by atoms with Crippen molar-refractivity contribution in [2.45, 2.75) is 0 Å². The first-order chi connectivity index (χ1) is 26.7. The lowest BCUT2D eigenvalue weighted by Crippen LogP contribution is -2.10. The molecule has 0 radical (unpaired) electrons. The molecule has 0 atom stereocenters. The maximum absolute atomic E-state index is 6.66. The molecule has 0 aliphatic carbocycles. The molecule has 0 saturated carbocycles. The first-order valence-corrected chi connectivity index (χ1v) is 18.2. The molecule has 8 aromatic carbocycles. The largest absolute Gasteiger partial charge is 0.456 e. The van der Waals surface area contributed by atoms with Crippen LogP contribution in [0.5, 0.6) is 0 Å². The third kappa shape index (κ3) is 5.76. The van der Waals surface area contributed by atoms with Gasteiger partial charge in [-0.05, 0) is 82.6 Å². The number of fused-ring (bicyclic) bond motifs is 4. The van der Waals surface area contributed by atoms with E-state index < -0.39 is 0 Å². The summed E-state index contributed by atoms with van der Waals surface area (Å²) in [7, 11) is 0. The van der Waals surface area contributed by atoms with E-state index in [-0.39, 0.29) is 0 Å². The second-order valence-corrected chi connectivity index (χ2v) is 13.4. The SMILES string of the molecule is c1ccc(-c2ccc(N(c3ccccc3)c3cccc4oc5cc(-c6cc(-c7ccc8ccccc8c7)nc(-c7ccccc7)n6)ccc5c34)cc2)cc1. The summed E-state index contributed by atoms with van der Waals surface area (Å²) in [6, 6.07) is 69.7. The van der Waals surface area contributed by atoms with Crippen LogP contribution in [0.2, 0.25) is 0 Å². The van der Waals surface area contributed by atoms with Crippen LogP contribution in [0.1, 0.15) is 0 Å². The van der Waals surface area contributed by atoms with E-state index in [1.165, 1.54) is 21.9 Å². The van der Waals surface area contributed by atoms with Crippen LogP contribution in [-0.2, 0) is 0 Å². The van der Waals surface area contributed by atoms with E-state index in [1.54, 1.807) is 0 Å². The van der Waals surface area contributed by atoms with Crippen LogP contribution in [0.3, 0.4) is 0 Å². The Balaban J connectivity index is 1.11. The van der Waals surface area contributed by atoms with Gasteiger partial charge in [-0.15, -0.1) is 0 Å². The van der Waals surface area contributed by atoms with Gasteiger partial charge in [-0.3, -0.25) is 0 Å². The molecule has 0 unspecified atom stereocenters. The smallest absolute Gasteiger partial charge is 0.160 e. The second-order valence-electron chi connectivity index (χ2n) is 13.4. The maximum atomic E-state index is 6.66. The Morgan fingerprint density at radius 1 is 0.370 bits per heavy atom. The number of rotatable bonds is 7. The van der Waals surface area contributed by atoms with Crippen molar-refractivity contribution in [3.05, 3.63) is 200 Å². The van der Waals surface area contributed by atoms with Crippen molar-refractivity contribution in [2.24, 2.45) is 0 Å². The minimum Gasteiger partial charge on any atom is -0.456 e. The number of aromatic nitrogens is 2. The van der Waals surface area contributed by atoms with Crippen LogP contribution >= 0.6 is 0 Å². The lowest BCUT2D eigenvalue weighted by Gasteiger charge is -2.26. The first kappa shape index (κ1) is 31.4. The zero-order chi connectivity index (χ0) is 35.8. The zero-order valence-electron chi connectivity index (χ0n) is 29.3. The second kappa shape index (κ2) is 13.4. The summed E-state index contributed by atoms with van der Waals surface area (Å²) in [4.78, 5) is 12.5. The number of hydrogen-bond donors (Lipinski definition) is 0. The number of furan rings is 1. The maximum Gasteiger partial charge on any atom is 0.160 e. The minimum atomic E-state index is 0.681. The molecule has 254 valence electrons. The average molecular weight is 692 g/mol. The summed E-state index contributed by atoms with van der Waals surface area (Å²) in [5, 5.41) is 4.47. The van der Waals surface area contributed by atoms with Gasteiger partial charge in [-0.25, -0.2) is 9.97 Å². The summed E-state index contributed by atoms with van der Waals surface area (Å²) >= 11 is 0. The summed E-state index contributed by atoms with van der Waals surface area (Å²) in [6.45, 7) is 0. The van der Waals surface area contributed by atoms with Crippen molar-refractivity contribution in [1.82, 2.24) is 9.97 Å². The van der Waals surface area contributed by atoms with E-state index in [0.29, 0.717) is 5.82 Å². The van der Waals surface area contributed by atoms with E-state index in [4.69, 9.17) is 14.4 Å². The van der Waals surface area contributed by atoms with Crippen molar-refractivity contribution < 1.29 is 4.42 Å². The highest BCUT2D eigenvalue weighted by atomic mass is 16.3. The van der Waals surface area contributed by atoms with Crippen LogP contribution in [0.25, 0.3) is 77.7 Å². The Labute approximate surface area is 313 Å². The van der Waals surface area contributed by atoms with Gasteiger partial charge in [0, 0.05) is 33.5 Å². The monoisotopic (exact) mass is 691 g/mol. The Hall–Kier alpha value is -7.30. The van der Waals surface area contributed by atoms with E-state index in [2.05, 4.69) is 181 Å². The standard InChI is InChI=1S/C50H33N3O/c1-4-13-34(14-5-1)36-25-28-42(29-26-36)53(41-19-8-3-9-20-41)46-21-12-22-47-49(46)43-30-27-40(32-48(43)54-47)45-33-44(51-50(52-45)37-16-6-2-7-17-37)39-24-23-35-15-10-11-18-38(35)31-39/h1-33H. The van der Waals surface area contributed by atoms with Gasteiger partial charge in [0.15, 0.2) is 5.82 Å². The lowest BCUT2D eigenvalue weighted by molar-refractivity contribution is 0.669. The third-order valence-corrected chi connectivity index (χ3v) is 10.1. The first-order valence-electron chi connectivity index (χ1n) is 18.2. The van der Waals surface area contributed by atoms with Crippen LogP contribution in [0.4, 0.5) is 17.1 Å². The van der Waals surface area contributed by atoms with Crippen LogP contribution < -0.4 is 4.90 Å². The van der Waals surface area contributed by atoms with Gasteiger partial charge < -0.3 is 9.32 Å². The molecule has 4 heteroatoms. The van der Waals surface area contributed by atoms with Gasteiger partial charge in [-0.2, -0.15) is 0 Å². The fraction of sp³-hybridized carbons (Fsp3) is 0. The molecular weight excluding hydrogens is 659 g/mol. The van der Waals surface area contributed by atoms with Crippen molar-refractivity contribution in [1.29, 1.82) is 0 Å².